The molecule has 1 aromatic carbocycles. The molecule has 18 heavy (non-hydrogen) atoms. The molecular weight excluding hydrogens is 224 g/mol. The molecule has 0 spiro atoms. The number of benzene rings is 1. The first-order chi connectivity index (χ1) is 8.63. The Morgan fingerprint density at radius 3 is 2.61 bits per heavy atom. The first kappa shape index (κ1) is 15.2. The molecule has 1 aromatic rings. The van der Waals surface area contributed by atoms with Crippen molar-refractivity contribution in [2.45, 2.75) is 26.8 Å². The minimum absolute atomic E-state index is 0.282. The molecule has 0 amide bonds. The van der Waals surface area contributed by atoms with Crippen molar-refractivity contribution in [2.75, 3.05) is 33.4 Å². The Morgan fingerprint density at radius 1 is 1.33 bits per heavy atom. The van der Waals surface area contributed by atoms with E-state index < -0.39 is 0 Å². The summed E-state index contributed by atoms with van der Waals surface area (Å²) in [4.78, 5) is 2.38. The lowest BCUT2D eigenvalue weighted by Gasteiger charge is -2.31. The molecule has 2 N–H and O–H groups in total. The van der Waals surface area contributed by atoms with Crippen LogP contribution in [0.15, 0.2) is 18.2 Å². The Balaban J connectivity index is 2.95. The van der Waals surface area contributed by atoms with Gasteiger partial charge in [-0.25, -0.2) is 0 Å². The van der Waals surface area contributed by atoms with Gasteiger partial charge in [0.1, 0.15) is 0 Å². The van der Waals surface area contributed by atoms with E-state index in [9.17, 15) is 0 Å². The van der Waals surface area contributed by atoms with Crippen LogP contribution in [0, 0.1) is 13.8 Å². The number of aryl methyl sites for hydroxylation is 2. The molecule has 0 aliphatic carbocycles. The van der Waals surface area contributed by atoms with Crippen LogP contribution < -0.4 is 5.73 Å². The van der Waals surface area contributed by atoms with Gasteiger partial charge in [0.25, 0.3) is 0 Å². The zero-order chi connectivity index (χ0) is 13.5. The first-order valence-corrected chi connectivity index (χ1v) is 6.64. The van der Waals surface area contributed by atoms with Gasteiger partial charge in [0.15, 0.2) is 0 Å². The van der Waals surface area contributed by atoms with Crippen molar-refractivity contribution in [3.63, 3.8) is 0 Å². The average molecular weight is 250 g/mol. The van der Waals surface area contributed by atoms with Crippen molar-refractivity contribution in [3.05, 3.63) is 34.9 Å². The second-order valence-electron chi connectivity index (χ2n) is 4.73. The third-order valence-corrected chi connectivity index (χ3v) is 3.45. The van der Waals surface area contributed by atoms with E-state index in [0.717, 1.165) is 19.7 Å². The highest BCUT2D eigenvalue weighted by atomic mass is 16.5. The summed E-state index contributed by atoms with van der Waals surface area (Å²) < 4.78 is 5.18. The van der Waals surface area contributed by atoms with Crippen molar-refractivity contribution in [1.29, 1.82) is 0 Å². The van der Waals surface area contributed by atoms with Gasteiger partial charge in [0.05, 0.1) is 6.61 Å². The number of rotatable bonds is 7. The predicted molar refractivity (Wildman–Crippen MR) is 76.8 cm³/mol. The quantitative estimate of drug-likeness (QED) is 0.807. The topological polar surface area (TPSA) is 38.5 Å². The summed E-state index contributed by atoms with van der Waals surface area (Å²) in [6.07, 6.45) is 0. The Kier molecular flexibility index (Phi) is 6.33. The van der Waals surface area contributed by atoms with E-state index in [4.69, 9.17) is 10.5 Å². The van der Waals surface area contributed by atoms with Gasteiger partial charge in [-0.3, -0.25) is 4.90 Å². The zero-order valence-electron chi connectivity index (χ0n) is 12.1. The van der Waals surface area contributed by atoms with Crippen molar-refractivity contribution in [2.24, 2.45) is 5.73 Å². The molecule has 102 valence electrons. The molecule has 3 heteroatoms. The summed E-state index contributed by atoms with van der Waals surface area (Å²) in [7, 11) is 1.74. The number of hydrogen-bond acceptors (Lipinski definition) is 3. The van der Waals surface area contributed by atoms with Gasteiger partial charge in [-0.15, -0.1) is 0 Å². The zero-order valence-corrected chi connectivity index (χ0v) is 12.1. The van der Waals surface area contributed by atoms with Crippen LogP contribution in [-0.2, 0) is 4.74 Å². The molecule has 0 fully saturated rings. The van der Waals surface area contributed by atoms with Gasteiger partial charge in [-0.1, -0.05) is 30.7 Å². The summed E-state index contributed by atoms with van der Waals surface area (Å²) in [6, 6.07) is 6.86. The Morgan fingerprint density at radius 2 is 2.06 bits per heavy atom. The van der Waals surface area contributed by atoms with Crippen LogP contribution in [-0.4, -0.2) is 38.3 Å². The normalized spacial score (nSPS) is 13.0. The van der Waals surface area contributed by atoms with Gasteiger partial charge in [-0.2, -0.15) is 0 Å². The maximum absolute atomic E-state index is 5.99. The minimum Gasteiger partial charge on any atom is -0.383 e. The van der Waals surface area contributed by atoms with Crippen LogP contribution in [0.25, 0.3) is 0 Å². The maximum atomic E-state index is 5.99. The molecule has 0 radical (unpaired) electrons. The highest BCUT2D eigenvalue weighted by Crippen LogP contribution is 2.23. The standard InChI is InChI=1S/C15H26N2O/c1-5-17(8-9-18-4)15(11-16)14-10-12(2)6-7-13(14)3/h6-7,10,15H,5,8-9,11,16H2,1-4H3. The van der Waals surface area contributed by atoms with Gasteiger partial charge in [0.2, 0.25) is 0 Å². The van der Waals surface area contributed by atoms with Crippen LogP contribution in [0.1, 0.15) is 29.7 Å². The fraction of sp³-hybridized carbons (Fsp3) is 0.600. The summed E-state index contributed by atoms with van der Waals surface area (Å²) in [5, 5.41) is 0. The van der Waals surface area contributed by atoms with Crippen molar-refractivity contribution in [3.8, 4) is 0 Å². The number of hydrogen-bond donors (Lipinski definition) is 1. The van der Waals surface area contributed by atoms with Crippen molar-refractivity contribution in [1.82, 2.24) is 4.90 Å². The van der Waals surface area contributed by atoms with Crippen LogP contribution in [0.3, 0.4) is 0 Å². The lowest BCUT2D eigenvalue weighted by atomic mass is 9.97. The second-order valence-corrected chi connectivity index (χ2v) is 4.73. The predicted octanol–water partition coefficient (Wildman–Crippen LogP) is 2.27. The van der Waals surface area contributed by atoms with E-state index in [1.54, 1.807) is 7.11 Å². The third kappa shape index (κ3) is 3.80. The number of methoxy groups -OCH3 is 1. The molecule has 0 heterocycles. The van der Waals surface area contributed by atoms with Crippen LogP contribution in [0.2, 0.25) is 0 Å². The fourth-order valence-electron chi connectivity index (χ4n) is 2.33. The molecule has 1 unspecified atom stereocenters. The van der Waals surface area contributed by atoms with Crippen LogP contribution in [0.4, 0.5) is 0 Å². The molecule has 0 saturated carbocycles. The highest BCUT2D eigenvalue weighted by Gasteiger charge is 2.19. The SMILES string of the molecule is CCN(CCOC)C(CN)c1cc(C)ccc1C. The van der Waals surface area contributed by atoms with E-state index >= 15 is 0 Å². The lowest BCUT2D eigenvalue weighted by Crippen LogP contribution is -2.36. The highest BCUT2D eigenvalue weighted by molar-refractivity contribution is 5.33. The van der Waals surface area contributed by atoms with E-state index in [0.29, 0.717) is 6.54 Å². The Bertz CT molecular complexity index is 366. The van der Waals surface area contributed by atoms with Gasteiger partial charge in [0, 0.05) is 26.2 Å². The van der Waals surface area contributed by atoms with Crippen molar-refractivity contribution >= 4 is 0 Å². The van der Waals surface area contributed by atoms with E-state index in [1.807, 2.05) is 0 Å². The summed E-state index contributed by atoms with van der Waals surface area (Å²) in [6.45, 7) is 9.74. The smallest absolute Gasteiger partial charge is 0.0589 e. The molecule has 0 bridgehead atoms. The largest absolute Gasteiger partial charge is 0.383 e. The molecule has 1 rings (SSSR count). The number of ether oxygens (including phenoxy) is 1. The molecule has 0 saturated heterocycles. The molecule has 1 atom stereocenters. The molecule has 3 nitrogen and oxygen atoms in total. The summed E-state index contributed by atoms with van der Waals surface area (Å²) >= 11 is 0. The summed E-state index contributed by atoms with van der Waals surface area (Å²) in [5.41, 5.74) is 9.93. The molecule has 0 aliphatic heterocycles. The van der Waals surface area contributed by atoms with Gasteiger partial charge >= 0.3 is 0 Å². The second kappa shape index (κ2) is 7.52. The van der Waals surface area contributed by atoms with Gasteiger partial charge in [-0.05, 0) is 31.5 Å². The first-order valence-electron chi connectivity index (χ1n) is 6.64. The fourth-order valence-corrected chi connectivity index (χ4v) is 2.33. The Hall–Kier alpha value is -0.900. The lowest BCUT2D eigenvalue weighted by molar-refractivity contribution is 0.125. The van der Waals surface area contributed by atoms with E-state index in [1.165, 1.54) is 16.7 Å². The van der Waals surface area contributed by atoms with Crippen LogP contribution in [0.5, 0.6) is 0 Å². The molecular formula is C15H26N2O. The molecule has 0 aromatic heterocycles. The minimum atomic E-state index is 0.282. The number of likely N-dealkylation sites (N-methyl/N-ethyl adjacent to an activating group) is 1. The average Bonchev–Trinajstić information content (AvgIpc) is 2.38. The number of nitrogens with zero attached hydrogens (tertiary/aromatic N) is 1. The maximum Gasteiger partial charge on any atom is 0.0589 e. The van der Waals surface area contributed by atoms with Crippen molar-refractivity contribution < 1.29 is 4.74 Å². The monoisotopic (exact) mass is 250 g/mol. The summed E-state index contributed by atoms with van der Waals surface area (Å²) in [5.74, 6) is 0. The van der Waals surface area contributed by atoms with Crippen LogP contribution >= 0.6 is 0 Å². The van der Waals surface area contributed by atoms with E-state index in [2.05, 4.69) is 43.9 Å². The number of nitrogens with two attached hydrogens (primary N) is 1. The Labute approximate surface area is 111 Å². The molecule has 0 aliphatic rings. The third-order valence-electron chi connectivity index (χ3n) is 3.45. The van der Waals surface area contributed by atoms with E-state index in [-0.39, 0.29) is 6.04 Å². The van der Waals surface area contributed by atoms with Gasteiger partial charge < -0.3 is 10.5 Å².